The molecule has 10 aliphatic rings. The fourth-order valence-electron chi connectivity index (χ4n) is 13.8. The van der Waals surface area contributed by atoms with Gasteiger partial charge in [-0.1, -0.05) is 51.0 Å². The molecule has 4 N–H and O–H groups in total. The monoisotopic (exact) mass is 868 g/mol. The zero-order valence-corrected chi connectivity index (χ0v) is 37.3. The third kappa shape index (κ3) is 6.71. The van der Waals surface area contributed by atoms with Gasteiger partial charge in [-0.2, -0.15) is 0 Å². The summed E-state index contributed by atoms with van der Waals surface area (Å²) in [7, 11) is 2.68. The summed E-state index contributed by atoms with van der Waals surface area (Å²) >= 11 is 0. The zero-order valence-electron chi connectivity index (χ0n) is 37.3. The summed E-state index contributed by atoms with van der Waals surface area (Å²) in [4.78, 5) is 74.8. The van der Waals surface area contributed by atoms with E-state index < -0.39 is 24.3 Å². The first-order valence-corrected chi connectivity index (χ1v) is 23.8. The SMILES string of the molecule is COC(=O)N[C@@H]1C(=O)N2C3C(CCCC3C1C)C[C@H]2c1ncc(-c2cc3ccc2CCc2ccc(c(-c4cnc([C@@H]5CC6CCCC7C(C)[C@H](NC(=O)OC)C(=O)N5C67)[nH]4)c2)CC3)[nH]1. The fraction of sp³-hybridized carbons (Fsp3) is 0.560. The molecule has 14 nitrogen and oxygen atoms in total. The predicted octanol–water partition coefficient (Wildman–Crippen LogP) is 7.22. The number of carbonyl (C=O) groups excluding carboxylic acids is 4. The van der Waals surface area contributed by atoms with Crippen molar-refractivity contribution in [3.63, 3.8) is 0 Å². The van der Waals surface area contributed by atoms with Crippen molar-refractivity contribution in [3.05, 3.63) is 82.7 Å². The number of aromatic nitrogens is 4. The van der Waals surface area contributed by atoms with Gasteiger partial charge >= 0.3 is 12.2 Å². The van der Waals surface area contributed by atoms with E-state index in [9.17, 15) is 19.2 Å². The van der Waals surface area contributed by atoms with Crippen LogP contribution < -0.4 is 10.6 Å². The maximum Gasteiger partial charge on any atom is 0.407 e. The number of nitrogens with zero attached hydrogens (tertiary/aromatic N) is 4. The van der Waals surface area contributed by atoms with Gasteiger partial charge in [0.2, 0.25) is 11.8 Å². The quantitative estimate of drug-likeness (QED) is 0.157. The number of methoxy groups -OCH3 is 2. The Morgan fingerprint density at radius 2 is 1.08 bits per heavy atom. The van der Waals surface area contributed by atoms with Gasteiger partial charge in [-0.15, -0.1) is 0 Å². The van der Waals surface area contributed by atoms with Crippen LogP contribution in [0.3, 0.4) is 0 Å². The van der Waals surface area contributed by atoms with Crippen LogP contribution in [0.5, 0.6) is 0 Å². The number of H-pyrrole nitrogens is 2. The van der Waals surface area contributed by atoms with E-state index in [0.29, 0.717) is 23.7 Å². The average molecular weight is 869 g/mol. The second kappa shape index (κ2) is 16.1. The molecule has 4 saturated heterocycles. The van der Waals surface area contributed by atoms with Crippen molar-refractivity contribution < 1.29 is 28.7 Å². The van der Waals surface area contributed by atoms with Crippen LogP contribution in [-0.2, 0) is 44.7 Å². The average Bonchev–Trinajstić information content (AvgIpc) is 4.14. The largest absolute Gasteiger partial charge is 0.453 e. The third-order valence-corrected chi connectivity index (χ3v) is 16.9. The molecular formula is C50H60N8O6. The Balaban J connectivity index is 0.844. The minimum absolute atomic E-state index is 0.0331. The molecule has 4 aliphatic heterocycles. The highest BCUT2D eigenvalue weighted by Gasteiger charge is 2.59. The number of alkyl carbamates (subject to hydrolysis) is 2. The number of aromatic amines is 2. The molecule has 2 saturated carbocycles. The number of carbonyl (C=O) groups is 4. The summed E-state index contributed by atoms with van der Waals surface area (Å²) in [5.41, 5.74) is 9.16. The van der Waals surface area contributed by atoms with Gasteiger partial charge in [-0.05, 0) is 134 Å². The molecule has 4 bridgehead atoms. The number of imidazole rings is 2. The lowest BCUT2D eigenvalue weighted by atomic mass is 9.68. The standard InChI is InChI=1S/C50H60N8O6/c1-25-33-9-5-7-31-21-39(57(43(31)33)47(59)41(25)55-49(61)63-3)45-51-23-37(53-45)35-19-27-11-15-29(35)17-13-28-12-16-30(18-14-27)36(20-28)38-24-52-46(54-38)40-22-32-8-6-10-34-26(2)42(56-50(62)64-4)48(60)58(40)44(32)34/h11-12,15-16,19-20,23-26,31-34,39-44H,5-10,13-14,17-18,21-22H2,1-4H3,(H,51,53)(H,52,54)(H,55,61)(H,56,62)/t25?,26?,31?,32?,33?,34?,39-,40-,41-,42-,43?,44?/m0/s1. The van der Waals surface area contributed by atoms with Crippen molar-refractivity contribution in [3.8, 4) is 22.5 Å². The van der Waals surface area contributed by atoms with Gasteiger partial charge in [-0.25, -0.2) is 19.6 Å². The highest BCUT2D eigenvalue weighted by molar-refractivity contribution is 5.89. The zero-order chi connectivity index (χ0) is 44.0. The van der Waals surface area contributed by atoms with E-state index in [1.807, 2.05) is 12.4 Å². The number of ether oxygens (including phenoxy) is 2. The summed E-state index contributed by atoms with van der Waals surface area (Å²) in [6.07, 6.45) is 14.4. The van der Waals surface area contributed by atoms with Crippen LogP contribution in [0.25, 0.3) is 22.5 Å². The summed E-state index contributed by atoms with van der Waals surface area (Å²) < 4.78 is 9.87. The molecule has 4 aromatic rings. The summed E-state index contributed by atoms with van der Waals surface area (Å²) in [5.74, 6) is 3.08. The van der Waals surface area contributed by atoms with Crippen molar-refractivity contribution in [2.45, 2.75) is 127 Å². The number of piperidine rings is 2. The highest BCUT2D eigenvalue weighted by Crippen LogP contribution is 2.55. The minimum atomic E-state index is -0.621. The molecule has 8 unspecified atom stereocenters. The first kappa shape index (κ1) is 41.1. The molecule has 0 spiro atoms. The van der Waals surface area contributed by atoms with Gasteiger partial charge in [0.15, 0.2) is 0 Å². The van der Waals surface area contributed by atoms with Gasteiger partial charge in [0.05, 0.1) is 50.1 Å². The van der Waals surface area contributed by atoms with E-state index in [2.05, 4.69) is 80.6 Å². The lowest BCUT2D eigenvalue weighted by Crippen LogP contribution is -2.63. The highest BCUT2D eigenvalue weighted by atomic mass is 16.5. The molecule has 14 heteroatoms. The summed E-state index contributed by atoms with van der Waals surface area (Å²) in [5, 5.41) is 5.75. The maximum atomic E-state index is 14.2. The van der Waals surface area contributed by atoms with Crippen LogP contribution >= 0.6 is 0 Å². The molecule has 2 aromatic carbocycles. The third-order valence-electron chi connectivity index (χ3n) is 16.9. The Morgan fingerprint density at radius 1 is 0.641 bits per heavy atom. The summed E-state index contributed by atoms with van der Waals surface area (Å²) in [6, 6.07) is 12.4. The molecule has 6 aliphatic carbocycles. The summed E-state index contributed by atoms with van der Waals surface area (Å²) in [6.45, 7) is 4.21. The molecule has 6 heterocycles. The second-order valence-corrected chi connectivity index (χ2v) is 20.0. The number of hydrogen-bond acceptors (Lipinski definition) is 8. The van der Waals surface area contributed by atoms with E-state index >= 15 is 0 Å². The van der Waals surface area contributed by atoms with Crippen LogP contribution in [0.4, 0.5) is 9.59 Å². The Labute approximate surface area is 374 Å². The van der Waals surface area contributed by atoms with Gasteiger partial charge in [0.1, 0.15) is 23.7 Å². The fourth-order valence-corrected chi connectivity index (χ4v) is 13.8. The predicted molar refractivity (Wildman–Crippen MR) is 237 cm³/mol. The molecule has 0 radical (unpaired) electrons. The lowest BCUT2D eigenvalue weighted by molar-refractivity contribution is -0.148. The minimum Gasteiger partial charge on any atom is -0.453 e. The smallest absolute Gasteiger partial charge is 0.407 e. The Hall–Kier alpha value is -5.66. The molecule has 4 amide bonds. The molecular weight excluding hydrogens is 809 g/mol. The second-order valence-electron chi connectivity index (χ2n) is 20.0. The Kier molecular flexibility index (Phi) is 10.3. The van der Waals surface area contributed by atoms with Gasteiger partial charge < -0.3 is 39.9 Å². The lowest BCUT2D eigenvalue weighted by Gasteiger charge is -2.49. The number of benzene rings is 2. The first-order valence-electron chi connectivity index (χ1n) is 23.8. The number of rotatable bonds is 6. The van der Waals surface area contributed by atoms with Crippen LogP contribution in [0.1, 0.15) is 111 Å². The van der Waals surface area contributed by atoms with E-state index in [1.54, 1.807) is 0 Å². The van der Waals surface area contributed by atoms with E-state index in [4.69, 9.17) is 19.4 Å². The number of aryl methyl sites for hydroxylation is 4. The van der Waals surface area contributed by atoms with E-state index in [1.165, 1.54) is 36.5 Å². The van der Waals surface area contributed by atoms with Gasteiger partial charge in [0, 0.05) is 23.2 Å². The van der Waals surface area contributed by atoms with Crippen molar-refractivity contribution in [2.75, 3.05) is 14.2 Å². The number of nitrogens with one attached hydrogen (secondary N) is 4. The van der Waals surface area contributed by atoms with Crippen LogP contribution in [-0.4, -0.2) is 92.1 Å². The number of amides is 4. The van der Waals surface area contributed by atoms with Crippen LogP contribution in [0.2, 0.25) is 0 Å². The van der Waals surface area contributed by atoms with E-state index in [0.717, 1.165) is 111 Å². The van der Waals surface area contributed by atoms with Crippen molar-refractivity contribution in [1.82, 2.24) is 40.4 Å². The van der Waals surface area contributed by atoms with Crippen molar-refractivity contribution in [1.29, 1.82) is 0 Å². The van der Waals surface area contributed by atoms with Gasteiger partial charge in [0.25, 0.3) is 0 Å². The van der Waals surface area contributed by atoms with Crippen molar-refractivity contribution >= 4 is 24.0 Å². The topological polar surface area (TPSA) is 175 Å². The molecule has 12 atom stereocenters. The van der Waals surface area contributed by atoms with Crippen LogP contribution in [0.15, 0.2) is 48.8 Å². The van der Waals surface area contributed by atoms with Crippen LogP contribution in [0, 0.1) is 35.5 Å². The maximum absolute atomic E-state index is 14.2. The molecule has 336 valence electrons. The van der Waals surface area contributed by atoms with Crippen molar-refractivity contribution in [2.24, 2.45) is 35.5 Å². The molecule has 64 heavy (non-hydrogen) atoms. The molecule has 2 aromatic heterocycles. The normalized spacial score (nSPS) is 32.7. The van der Waals surface area contributed by atoms with E-state index in [-0.39, 0.29) is 47.8 Å². The van der Waals surface area contributed by atoms with Gasteiger partial charge in [-0.3, -0.25) is 9.59 Å². The Bertz CT molecular complexity index is 2330. The molecule has 14 rings (SSSR count). The first-order chi connectivity index (χ1) is 31.1. The Morgan fingerprint density at radius 3 is 1.50 bits per heavy atom. The number of hydrogen-bond donors (Lipinski definition) is 4. The molecule has 6 fully saturated rings.